The van der Waals surface area contributed by atoms with Crippen molar-refractivity contribution < 1.29 is 27.8 Å². The van der Waals surface area contributed by atoms with Crippen LogP contribution in [-0.2, 0) is 11.3 Å². The monoisotopic (exact) mass is 565 g/mol. The van der Waals surface area contributed by atoms with Crippen molar-refractivity contribution in [2.45, 2.75) is 59.3 Å². The summed E-state index contributed by atoms with van der Waals surface area (Å²) in [6, 6.07) is 17.2. The SMILES string of the molecule is C=O.CC(F)(F)F.CO.Cc1ccc(CN(c2n[nH]c(-c3ccc(OCC(C)C)cc3)n2)C2CCNCC2)cc1. The molecule has 2 aromatic carbocycles. The normalized spacial score (nSPS) is 13.2. The van der Waals surface area contributed by atoms with Gasteiger partial charge in [-0.25, -0.2) is 0 Å². The Labute approximate surface area is 235 Å². The zero-order valence-electron chi connectivity index (χ0n) is 24.0. The van der Waals surface area contributed by atoms with Gasteiger partial charge in [-0.2, -0.15) is 18.2 Å². The van der Waals surface area contributed by atoms with Gasteiger partial charge < -0.3 is 24.9 Å². The predicted octanol–water partition coefficient (Wildman–Crippen LogP) is 5.57. The molecular formula is C29H42F3N5O3. The molecule has 0 spiro atoms. The summed E-state index contributed by atoms with van der Waals surface area (Å²) < 4.78 is 36.9. The Kier molecular flexibility index (Phi) is 15.6. The van der Waals surface area contributed by atoms with Gasteiger partial charge in [0.15, 0.2) is 5.82 Å². The molecule has 0 aliphatic carbocycles. The van der Waals surface area contributed by atoms with Crippen LogP contribution in [0.3, 0.4) is 0 Å². The number of aliphatic hydroxyl groups excluding tert-OH is 1. The first-order chi connectivity index (χ1) is 19.1. The summed E-state index contributed by atoms with van der Waals surface area (Å²) in [5, 5.41) is 18.2. The maximum atomic E-state index is 10.4. The molecule has 222 valence electrons. The lowest BCUT2D eigenvalue weighted by Gasteiger charge is -2.34. The summed E-state index contributed by atoms with van der Waals surface area (Å²) in [5.74, 6) is 2.94. The maximum Gasteiger partial charge on any atom is 0.386 e. The summed E-state index contributed by atoms with van der Waals surface area (Å²) >= 11 is 0. The summed E-state index contributed by atoms with van der Waals surface area (Å²) in [4.78, 5) is 15.2. The van der Waals surface area contributed by atoms with Gasteiger partial charge in [-0.3, -0.25) is 5.10 Å². The van der Waals surface area contributed by atoms with Gasteiger partial charge in [0.25, 0.3) is 0 Å². The zero-order chi connectivity index (χ0) is 30.1. The standard InChI is InChI=1S/C25H33N5O.C2H3F3.CH4O.CH2O/c1-18(2)17-31-23-10-8-21(9-11-23)24-27-25(29-28-24)30(22-12-14-26-15-13-22)16-20-6-4-19(3)5-7-20;1-2(3,4)5;2*1-2/h4-11,18,22,26H,12-17H2,1-3H3,(H,27,28,29);1H3;2H,1H3;1H2. The molecule has 0 unspecified atom stereocenters. The van der Waals surface area contributed by atoms with E-state index in [2.05, 4.69) is 65.5 Å². The van der Waals surface area contributed by atoms with Gasteiger partial charge >= 0.3 is 6.18 Å². The van der Waals surface area contributed by atoms with E-state index in [1.165, 1.54) is 11.1 Å². The molecule has 0 atom stereocenters. The highest BCUT2D eigenvalue weighted by atomic mass is 19.4. The quantitative estimate of drug-likeness (QED) is 0.328. The van der Waals surface area contributed by atoms with E-state index in [-0.39, 0.29) is 6.92 Å². The lowest BCUT2D eigenvalue weighted by atomic mass is 10.0. The lowest BCUT2D eigenvalue weighted by Crippen LogP contribution is -2.43. The number of hydrogen-bond acceptors (Lipinski definition) is 7. The molecule has 40 heavy (non-hydrogen) atoms. The van der Waals surface area contributed by atoms with Crippen LogP contribution in [0.25, 0.3) is 11.4 Å². The van der Waals surface area contributed by atoms with Crippen molar-refractivity contribution >= 4 is 12.7 Å². The smallest absolute Gasteiger partial charge is 0.386 e. The molecule has 3 aromatic rings. The number of nitrogens with zero attached hydrogens (tertiary/aromatic N) is 3. The molecule has 0 amide bonds. The number of hydrogen-bond donors (Lipinski definition) is 3. The van der Waals surface area contributed by atoms with Crippen LogP contribution in [0.15, 0.2) is 48.5 Å². The average molecular weight is 566 g/mol. The van der Waals surface area contributed by atoms with E-state index < -0.39 is 6.18 Å². The van der Waals surface area contributed by atoms with Gasteiger partial charge in [0, 0.05) is 32.2 Å². The van der Waals surface area contributed by atoms with Crippen molar-refractivity contribution in [3.05, 3.63) is 59.7 Å². The first kappa shape index (κ1) is 34.6. The van der Waals surface area contributed by atoms with Crippen LogP contribution >= 0.6 is 0 Å². The molecule has 3 N–H and O–H groups in total. The fourth-order valence-corrected chi connectivity index (χ4v) is 3.85. The third kappa shape index (κ3) is 13.1. The average Bonchev–Trinajstić information content (AvgIpc) is 3.44. The third-order valence-electron chi connectivity index (χ3n) is 5.66. The number of aryl methyl sites for hydroxylation is 1. The van der Waals surface area contributed by atoms with Gasteiger partial charge in [-0.1, -0.05) is 43.7 Å². The van der Waals surface area contributed by atoms with E-state index in [0.717, 1.165) is 69.3 Å². The Morgan fingerprint density at radius 1 is 1.05 bits per heavy atom. The molecule has 0 bridgehead atoms. The van der Waals surface area contributed by atoms with E-state index in [1.807, 2.05) is 31.1 Å². The Morgan fingerprint density at radius 3 is 2.12 bits per heavy atom. The fraction of sp³-hybridized carbons (Fsp3) is 0.483. The number of alkyl halides is 3. The molecular weight excluding hydrogens is 523 g/mol. The van der Waals surface area contributed by atoms with Gasteiger partial charge in [0.05, 0.1) is 6.61 Å². The predicted molar refractivity (Wildman–Crippen MR) is 152 cm³/mol. The highest BCUT2D eigenvalue weighted by Gasteiger charge is 2.25. The van der Waals surface area contributed by atoms with Crippen LogP contribution in [0.4, 0.5) is 19.1 Å². The number of carbonyl (C=O) groups is 1. The first-order valence-corrected chi connectivity index (χ1v) is 13.1. The second kappa shape index (κ2) is 18.0. The Bertz CT molecular complexity index is 1060. The van der Waals surface area contributed by atoms with E-state index in [1.54, 1.807) is 0 Å². The molecule has 11 heteroatoms. The second-order valence-electron chi connectivity index (χ2n) is 9.59. The number of piperidine rings is 1. The van der Waals surface area contributed by atoms with E-state index >= 15 is 0 Å². The minimum Gasteiger partial charge on any atom is -0.493 e. The molecule has 1 fully saturated rings. The van der Waals surface area contributed by atoms with Crippen molar-refractivity contribution in [2.24, 2.45) is 5.92 Å². The number of ether oxygens (including phenoxy) is 1. The molecule has 1 aliphatic rings. The third-order valence-corrected chi connectivity index (χ3v) is 5.66. The highest BCUT2D eigenvalue weighted by molar-refractivity contribution is 5.57. The number of benzene rings is 2. The summed E-state index contributed by atoms with van der Waals surface area (Å²) in [6.45, 7) is 12.2. The number of halogens is 3. The molecule has 1 aliphatic heterocycles. The van der Waals surface area contributed by atoms with E-state index in [9.17, 15) is 13.2 Å². The number of aromatic nitrogens is 3. The molecule has 0 saturated carbocycles. The number of nitrogens with one attached hydrogen (secondary N) is 2. The largest absolute Gasteiger partial charge is 0.493 e. The van der Waals surface area contributed by atoms with Crippen molar-refractivity contribution in [3.8, 4) is 17.1 Å². The van der Waals surface area contributed by atoms with Crippen LogP contribution < -0.4 is 15.0 Å². The van der Waals surface area contributed by atoms with Gasteiger partial charge in [0.1, 0.15) is 12.5 Å². The number of aromatic amines is 1. The van der Waals surface area contributed by atoms with Crippen molar-refractivity contribution in [1.29, 1.82) is 0 Å². The molecule has 1 aromatic heterocycles. The van der Waals surface area contributed by atoms with Crippen LogP contribution in [0.1, 0.15) is 44.7 Å². The van der Waals surface area contributed by atoms with Gasteiger partial charge in [-0.05, 0) is 68.6 Å². The molecule has 8 nitrogen and oxygen atoms in total. The second-order valence-corrected chi connectivity index (χ2v) is 9.59. The molecule has 4 rings (SSSR count). The lowest BCUT2D eigenvalue weighted by molar-refractivity contribution is -0.110. The van der Waals surface area contributed by atoms with E-state index in [0.29, 0.717) is 12.0 Å². The summed E-state index contributed by atoms with van der Waals surface area (Å²) in [6.07, 6.45) is -1.81. The van der Waals surface area contributed by atoms with Crippen LogP contribution in [-0.4, -0.2) is 66.1 Å². The topological polar surface area (TPSA) is 103 Å². The van der Waals surface area contributed by atoms with Gasteiger partial charge in [-0.15, -0.1) is 5.10 Å². The van der Waals surface area contributed by atoms with Crippen LogP contribution in [0, 0.1) is 12.8 Å². The number of anilines is 1. The molecule has 0 radical (unpaired) electrons. The molecule has 1 saturated heterocycles. The Balaban J connectivity index is 0.000000789. The van der Waals surface area contributed by atoms with Crippen LogP contribution in [0.2, 0.25) is 0 Å². The number of carbonyl (C=O) groups excluding carboxylic acids is 1. The fourth-order valence-electron chi connectivity index (χ4n) is 3.85. The van der Waals surface area contributed by atoms with Crippen molar-refractivity contribution in [3.63, 3.8) is 0 Å². The highest BCUT2D eigenvalue weighted by Crippen LogP contribution is 2.25. The van der Waals surface area contributed by atoms with Crippen LogP contribution in [0.5, 0.6) is 5.75 Å². The van der Waals surface area contributed by atoms with E-state index in [4.69, 9.17) is 19.6 Å². The number of H-pyrrole nitrogens is 1. The number of rotatable bonds is 8. The minimum absolute atomic E-state index is 0.188. The zero-order valence-corrected chi connectivity index (χ0v) is 24.0. The number of aliphatic hydroxyl groups is 1. The van der Waals surface area contributed by atoms with Crippen molar-refractivity contribution in [1.82, 2.24) is 20.5 Å². The maximum absolute atomic E-state index is 10.4. The van der Waals surface area contributed by atoms with Gasteiger partial charge in [0.2, 0.25) is 5.95 Å². The van der Waals surface area contributed by atoms with Crippen molar-refractivity contribution in [2.75, 3.05) is 31.7 Å². The Hall–Kier alpha value is -3.44. The summed E-state index contributed by atoms with van der Waals surface area (Å²) in [7, 11) is 1.00. The minimum atomic E-state index is -4.00. The molecule has 2 heterocycles. The summed E-state index contributed by atoms with van der Waals surface area (Å²) in [5.41, 5.74) is 3.57. The first-order valence-electron chi connectivity index (χ1n) is 13.1. The Morgan fingerprint density at radius 2 is 1.60 bits per heavy atom.